The molecule has 1 aromatic rings. The molecule has 0 atom stereocenters. The molecule has 98 valence electrons. The second-order valence-electron chi connectivity index (χ2n) is 4.27. The Bertz CT molecular complexity index is 424. The number of hydrogen-bond acceptors (Lipinski definition) is 2. The summed E-state index contributed by atoms with van der Waals surface area (Å²) in [7, 11) is 0. The lowest BCUT2D eigenvalue weighted by atomic mass is 10.0. The van der Waals surface area contributed by atoms with Crippen molar-refractivity contribution in [3.63, 3.8) is 0 Å². The van der Waals surface area contributed by atoms with Gasteiger partial charge in [0.1, 0.15) is 0 Å². The van der Waals surface area contributed by atoms with Gasteiger partial charge < -0.3 is 10.6 Å². The van der Waals surface area contributed by atoms with Gasteiger partial charge in [-0.2, -0.15) is 13.2 Å². The molecule has 18 heavy (non-hydrogen) atoms. The molecule has 0 spiro atoms. The minimum Gasteiger partial charge on any atom is -0.352 e. The second-order valence-corrected chi connectivity index (χ2v) is 4.27. The minimum atomic E-state index is -4.32. The monoisotopic (exact) mass is 258 g/mol. The molecule has 0 aromatic heterocycles. The summed E-state index contributed by atoms with van der Waals surface area (Å²) in [4.78, 5) is 11.5. The van der Waals surface area contributed by atoms with Gasteiger partial charge in [-0.05, 0) is 17.7 Å². The summed E-state index contributed by atoms with van der Waals surface area (Å²) in [6.07, 6.45) is -4.32. The molecule has 0 saturated carbocycles. The number of alkyl halides is 3. The van der Waals surface area contributed by atoms with Gasteiger partial charge in [0, 0.05) is 19.6 Å². The van der Waals surface area contributed by atoms with Gasteiger partial charge in [-0.3, -0.25) is 4.79 Å². The summed E-state index contributed by atoms with van der Waals surface area (Å²) in [6.45, 7) is 1.59. The van der Waals surface area contributed by atoms with Crippen LogP contribution in [0.25, 0.3) is 0 Å². The van der Waals surface area contributed by atoms with E-state index in [0.29, 0.717) is 18.7 Å². The summed E-state index contributed by atoms with van der Waals surface area (Å²) in [5.74, 6) is -0.0758. The van der Waals surface area contributed by atoms with Crippen molar-refractivity contribution < 1.29 is 18.0 Å². The number of rotatable bonds is 3. The van der Waals surface area contributed by atoms with Crippen molar-refractivity contribution in [3.05, 3.63) is 35.4 Å². The van der Waals surface area contributed by atoms with Crippen molar-refractivity contribution in [2.75, 3.05) is 13.1 Å². The van der Waals surface area contributed by atoms with E-state index in [0.717, 1.165) is 12.1 Å². The maximum atomic E-state index is 12.3. The Morgan fingerprint density at radius 1 is 1.28 bits per heavy atom. The van der Waals surface area contributed by atoms with Crippen LogP contribution in [0.4, 0.5) is 13.2 Å². The van der Waals surface area contributed by atoms with Crippen LogP contribution >= 0.6 is 0 Å². The fraction of sp³-hybridized carbons (Fsp3) is 0.417. The Kier molecular flexibility index (Phi) is 3.56. The first kappa shape index (κ1) is 12.9. The first-order valence-electron chi connectivity index (χ1n) is 5.61. The SMILES string of the molecule is O=C(NCc1ccc(C(F)(F)F)cc1)C1CNC1. The smallest absolute Gasteiger partial charge is 0.352 e. The molecule has 0 radical (unpaired) electrons. The van der Waals surface area contributed by atoms with Crippen LogP contribution in [0.1, 0.15) is 11.1 Å². The third-order valence-corrected chi connectivity index (χ3v) is 2.90. The quantitative estimate of drug-likeness (QED) is 0.863. The Balaban J connectivity index is 1.88. The van der Waals surface area contributed by atoms with Crippen LogP contribution in [0.5, 0.6) is 0 Å². The van der Waals surface area contributed by atoms with Crippen LogP contribution in [-0.4, -0.2) is 19.0 Å². The molecule has 0 unspecified atom stereocenters. The predicted molar refractivity (Wildman–Crippen MR) is 59.7 cm³/mol. The molecule has 0 aliphatic carbocycles. The molecular weight excluding hydrogens is 245 g/mol. The lowest BCUT2D eigenvalue weighted by molar-refractivity contribution is -0.137. The third kappa shape index (κ3) is 3.01. The third-order valence-electron chi connectivity index (χ3n) is 2.90. The number of amides is 1. The maximum Gasteiger partial charge on any atom is 0.416 e. The van der Waals surface area contributed by atoms with E-state index >= 15 is 0 Å². The molecule has 6 heteroatoms. The molecule has 2 rings (SSSR count). The van der Waals surface area contributed by atoms with Gasteiger partial charge in [0.25, 0.3) is 0 Å². The number of carbonyl (C=O) groups excluding carboxylic acids is 1. The van der Waals surface area contributed by atoms with Gasteiger partial charge in [-0.15, -0.1) is 0 Å². The van der Waals surface area contributed by atoms with E-state index in [9.17, 15) is 18.0 Å². The number of hydrogen-bond donors (Lipinski definition) is 2. The van der Waals surface area contributed by atoms with Crippen molar-refractivity contribution in [1.82, 2.24) is 10.6 Å². The van der Waals surface area contributed by atoms with Crippen molar-refractivity contribution in [3.8, 4) is 0 Å². The van der Waals surface area contributed by atoms with Crippen molar-refractivity contribution in [2.45, 2.75) is 12.7 Å². The van der Waals surface area contributed by atoms with Crippen molar-refractivity contribution in [1.29, 1.82) is 0 Å². The van der Waals surface area contributed by atoms with Gasteiger partial charge >= 0.3 is 6.18 Å². The Labute approximate surface area is 102 Å². The van der Waals surface area contributed by atoms with Crippen LogP contribution < -0.4 is 10.6 Å². The molecule has 1 aromatic carbocycles. The fourth-order valence-corrected chi connectivity index (χ4v) is 1.62. The summed E-state index contributed by atoms with van der Waals surface area (Å²) >= 11 is 0. The summed E-state index contributed by atoms with van der Waals surface area (Å²) < 4.78 is 36.9. The van der Waals surface area contributed by atoms with Crippen LogP contribution in [0.3, 0.4) is 0 Å². The van der Waals surface area contributed by atoms with E-state index in [1.165, 1.54) is 12.1 Å². The molecular formula is C12H13F3N2O. The zero-order valence-electron chi connectivity index (χ0n) is 9.55. The lowest BCUT2D eigenvalue weighted by Crippen LogP contribution is -2.50. The first-order chi connectivity index (χ1) is 8.47. The highest BCUT2D eigenvalue weighted by molar-refractivity contribution is 5.79. The zero-order valence-corrected chi connectivity index (χ0v) is 9.55. The normalized spacial score (nSPS) is 16.2. The summed E-state index contributed by atoms with van der Waals surface area (Å²) in [6, 6.07) is 4.79. The standard InChI is InChI=1S/C12H13F3N2O/c13-12(14,15)10-3-1-8(2-4-10)5-17-11(18)9-6-16-7-9/h1-4,9,16H,5-7H2,(H,17,18). The van der Waals surface area contributed by atoms with Crippen molar-refractivity contribution >= 4 is 5.91 Å². The number of halogens is 3. The van der Waals surface area contributed by atoms with Crippen LogP contribution in [0.15, 0.2) is 24.3 Å². The van der Waals surface area contributed by atoms with Gasteiger partial charge in [0.05, 0.1) is 11.5 Å². The fourth-order valence-electron chi connectivity index (χ4n) is 1.62. The highest BCUT2D eigenvalue weighted by atomic mass is 19.4. The van der Waals surface area contributed by atoms with E-state index in [1.54, 1.807) is 0 Å². The molecule has 2 N–H and O–H groups in total. The van der Waals surface area contributed by atoms with E-state index in [1.807, 2.05) is 0 Å². The Hall–Kier alpha value is -1.56. The van der Waals surface area contributed by atoms with Crippen molar-refractivity contribution in [2.24, 2.45) is 5.92 Å². The van der Waals surface area contributed by atoms with E-state index in [4.69, 9.17) is 0 Å². The number of carbonyl (C=O) groups is 1. The molecule has 1 amide bonds. The highest BCUT2D eigenvalue weighted by Gasteiger charge is 2.30. The zero-order chi connectivity index (χ0) is 13.2. The molecule has 1 saturated heterocycles. The van der Waals surface area contributed by atoms with Gasteiger partial charge in [0.15, 0.2) is 0 Å². The largest absolute Gasteiger partial charge is 0.416 e. The summed E-state index contributed by atoms with van der Waals surface area (Å²) in [5, 5.41) is 5.68. The van der Waals surface area contributed by atoms with Crippen LogP contribution in [0.2, 0.25) is 0 Å². The maximum absolute atomic E-state index is 12.3. The topological polar surface area (TPSA) is 41.1 Å². The van der Waals surface area contributed by atoms with E-state index in [2.05, 4.69) is 10.6 Å². The molecule has 0 bridgehead atoms. The van der Waals surface area contributed by atoms with E-state index < -0.39 is 11.7 Å². The number of benzene rings is 1. The predicted octanol–water partition coefficient (Wildman–Crippen LogP) is 1.54. The molecule has 1 aliphatic rings. The van der Waals surface area contributed by atoms with Gasteiger partial charge in [-0.25, -0.2) is 0 Å². The number of nitrogens with one attached hydrogen (secondary N) is 2. The molecule has 3 nitrogen and oxygen atoms in total. The van der Waals surface area contributed by atoms with Crippen LogP contribution in [-0.2, 0) is 17.5 Å². The molecule has 1 heterocycles. The first-order valence-corrected chi connectivity index (χ1v) is 5.61. The average molecular weight is 258 g/mol. The van der Waals surface area contributed by atoms with Gasteiger partial charge in [0.2, 0.25) is 5.91 Å². The van der Waals surface area contributed by atoms with Gasteiger partial charge in [-0.1, -0.05) is 12.1 Å². The molecule has 1 aliphatic heterocycles. The minimum absolute atomic E-state index is 0.0144. The Morgan fingerprint density at radius 2 is 1.89 bits per heavy atom. The second kappa shape index (κ2) is 4.97. The summed E-state index contributed by atoms with van der Waals surface area (Å²) in [5.41, 5.74) is -0.0237. The van der Waals surface area contributed by atoms with E-state index in [-0.39, 0.29) is 18.4 Å². The highest BCUT2D eigenvalue weighted by Crippen LogP contribution is 2.29. The lowest BCUT2D eigenvalue weighted by Gasteiger charge is -2.25. The Morgan fingerprint density at radius 3 is 2.33 bits per heavy atom. The average Bonchev–Trinajstić information content (AvgIpc) is 2.23. The molecule has 1 fully saturated rings. The van der Waals surface area contributed by atoms with Crippen LogP contribution in [0, 0.1) is 5.92 Å².